The van der Waals surface area contributed by atoms with Crippen LogP contribution in [0.5, 0.6) is 0 Å². The van der Waals surface area contributed by atoms with Gasteiger partial charge in [-0.3, -0.25) is 9.79 Å². The number of anilines is 2. The number of amides is 1. The van der Waals surface area contributed by atoms with E-state index in [0.29, 0.717) is 12.0 Å². The van der Waals surface area contributed by atoms with Crippen LogP contribution in [0.3, 0.4) is 0 Å². The SMILES string of the molecule is CC1Nc2ccc(C3=NCC(C(C)C)N3Cc3ccccc3)cc2NC1=O. The molecule has 0 aliphatic carbocycles. The number of benzene rings is 2. The van der Waals surface area contributed by atoms with Crippen molar-refractivity contribution in [3.8, 4) is 0 Å². The van der Waals surface area contributed by atoms with E-state index in [1.807, 2.05) is 25.1 Å². The van der Waals surface area contributed by atoms with Crippen molar-refractivity contribution in [1.82, 2.24) is 4.90 Å². The number of aliphatic imine (C=N–C) groups is 1. The highest BCUT2D eigenvalue weighted by Gasteiger charge is 2.31. The molecule has 2 N–H and O–H groups in total. The Morgan fingerprint density at radius 3 is 2.67 bits per heavy atom. The Kier molecular flexibility index (Phi) is 4.60. The molecule has 2 aliphatic heterocycles. The zero-order valence-electron chi connectivity index (χ0n) is 16.1. The Labute approximate surface area is 160 Å². The van der Waals surface area contributed by atoms with Crippen LogP contribution >= 0.6 is 0 Å². The van der Waals surface area contributed by atoms with Crippen LogP contribution in [0.2, 0.25) is 0 Å². The molecule has 0 radical (unpaired) electrons. The van der Waals surface area contributed by atoms with Gasteiger partial charge in [-0.2, -0.15) is 0 Å². The number of amidine groups is 1. The second kappa shape index (κ2) is 7.06. The number of nitrogens with one attached hydrogen (secondary N) is 2. The highest BCUT2D eigenvalue weighted by atomic mass is 16.2. The smallest absolute Gasteiger partial charge is 0.246 e. The fourth-order valence-electron chi connectivity index (χ4n) is 3.78. The fraction of sp³-hybridized carbons (Fsp3) is 0.364. The van der Waals surface area contributed by atoms with Crippen molar-refractivity contribution in [1.29, 1.82) is 0 Å². The van der Waals surface area contributed by atoms with Gasteiger partial charge < -0.3 is 15.5 Å². The Bertz CT molecular complexity index is 875. The third-order valence-corrected chi connectivity index (χ3v) is 5.37. The van der Waals surface area contributed by atoms with Crippen molar-refractivity contribution in [2.24, 2.45) is 10.9 Å². The topological polar surface area (TPSA) is 56.7 Å². The molecule has 2 unspecified atom stereocenters. The molecule has 2 heterocycles. The summed E-state index contributed by atoms with van der Waals surface area (Å²) in [7, 11) is 0. The van der Waals surface area contributed by atoms with Crippen LogP contribution in [0.1, 0.15) is 31.9 Å². The number of hydrogen-bond donors (Lipinski definition) is 2. The first-order valence-electron chi connectivity index (χ1n) is 9.60. The third-order valence-electron chi connectivity index (χ3n) is 5.37. The summed E-state index contributed by atoms with van der Waals surface area (Å²) in [6.07, 6.45) is 0. The zero-order chi connectivity index (χ0) is 19.0. The summed E-state index contributed by atoms with van der Waals surface area (Å²) in [5.41, 5.74) is 4.11. The molecule has 5 nitrogen and oxygen atoms in total. The van der Waals surface area contributed by atoms with Crippen molar-refractivity contribution in [2.45, 2.75) is 39.4 Å². The van der Waals surface area contributed by atoms with E-state index in [4.69, 9.17) is 4.99 Å². The van der Waals surface area contributed by atoms with E-state index in [2.05, 4.69) is 59.7 Å². The number of rotatable bonds is 4. The molecule has 4 rings (SSSR count). The molecule has 2 aliphatic rings. The van der Waals surface area contributed by atoms with Gasteiger partial charge in [-0.15, -0.1) is 0 Å². The minimum Gasteiger partial charge on any atom is -0.372 e. The molecule has 140 valence electrons. The monoisotopic (exact) mass is 362 g/mol. The number of carbonyl (C=O) groups is 1. The molecule has 2 aromatic rings. The standard InChI is InChI=1S/C22H26N4O/c1-14(2)20-12-23-21(26(20)13-16-7-5-4-6-8-16)17-9-10-18-19(11-17)25-22(27)15(3)24-18/h4-11,14-15,20,24H,12-13H2,1-3H3,(H,25,27). The molecule has 0 aromatic heterocycles. The van der Waals surface area contributed by atoms with Crippen LogP contribution in [-0.4, -0.2) is 35.3 Å². The van der Waals surface area contributed by atoms with Crippen molar-refractivity contribution in [2.75, 3.05) is 17.2 Å². The molecule has 0 bridgehead atoms. The van der Waals surface area contributed by atoms with Crippen LogP contribution in [0.15, 0.2) is 53.5 Å². The number of nitrogens with zero attached hydrogens (tertiary/aromatic N) is 2. The number of carbonyl (C=O) groups excluding carboxylic acids is 1. The Morgan fingerprint density at radius 1 is 1.15 bits per heavy atom. The van der Waals surface area contributed by atoms with Gasteiger partial charge in [0.25, 0.3) is 0 Å². The van der Waals surface area contributed by atoms with Crippen molar-refractivity contribution in [3.63, 3.8) is 0 Å². The summed E-state index contributed by atoms with van der Waals surface area (Å²) in [6, 6.07) is 16.8. The van der Waals surface area contributed by atoms with E-state index < -0.39 is 0 Å². The van der Waals surface area contributed by atoms with Gasteiger partial charge in [0.05, 0.1) is 24.0 Å². The summed E-state index contributed by atoms with van der Waals surface area (Å²) in [5, 5.41) is 6.24. The summed E-state index contributed by atoms with van der Waals surface area (Å²) in [5.74, 6) is 1.51. The predicted octanol–water partition coefficient (Wildman–Crippen LogP) is 3.73. The molecule has 2 atom stereocenters. The number of fused-ring (bicyclic) bond motifs is 1. The quantitative estimate of drug-likeness (QED) is 0.871. The molecule has 0 saturated carbocycles. The van der Waals surface area contributed by atoms with Crippen LogP contribution in [-0.2, 0) is 11.3 Å². The van der Waals surface area contributed by atoms with E-state index >= 15 is 0 Å². The molecule has 1 amide bonds. The molecule has 0 fully saturated rings. The first-order chi connectivity index (χ1) is 13.0. The average Bonchev–Trinajstić information content (AvgIpc) is 3.07. The van der Waals surface area contributed by atoms with Crippen LogP contribution in [0.4, 0.5) is 11.4 Å². The van der Waals surface area contributed by atoms with Gasteiger partial charge >= 0.3 is 0 Å². The molecular formula is C22H26N4O. The van der Waals surface area contributed by atoms with Crippen LogP contribution in [0, 0.1) is 5.92 Å². The molecule has 0 saturated heterocycles. The number of hydrogen-bond acceptors (Lipinski definition) is 4. The first kappa shape index (κ1) is 17.6. The van der Waals surface area contributed by atoms with Gasteiger partial charge in [-0.05, 0) is 36.6 Å². The molecule has 0 spiro atoms. The highest BCUT2D eigenvalue weighted by Crippen LogP contribution is 2.31. The largest absolute Gasteiger partial charge is 0.372 e. The predicted molar refractivity (Wildman–Crippen MR) is 110 cm³/mol. The second-order valence-electron chi connectivity index (χ2n) is 7.70. The Hall–Kier alpha value is -2.82. The van der Waals surface area contributed by atoms with E-state index in [-0.39, 0.29) is 11.9 Å². The van der Waals surface area contributed by atoms with Gasteiger partial charge in [0.15, 0.2) is 0 Å². The minimum absolute atomic E-state index is 0.00536. The Morgan fingerprint density at radius 2 is 1.93 bits per heavy atom. The lowest BCUT2D eigenvalue weighted by Crippen LogP contribution is -2.40. The first-order valence-corrected chi connectivity index (χ1v) is 9.60. The maximum absolute atomic E-state index is 12.0. The summed E-state index contributed by atoms with van der Waals surface area (Å²) in [4.78, 5) is 19.3. The van der Waals surface area contributed by atoms with Crippen LogP contribution in [0.25, 0.3) is 0 Å². The fourth-order valence-corrected chi connectivity index (χ4v) is 3.78. The average molecular weight is 362 g/mol. The van der Waals surface area contributed by atoms with Crippen molar-refractivity contribution < 1.29 is 4.79 Å². The molecule has 5 heteroatoms. The molecule has 2 aromatic carbocycles. The lowest BCUT2D eigenvalue weighted by molar-refractivity contribution is -0.116. The van der Waals surface area contributed by atoms with Gasteiger partial charge in [-0.25, -0.2) is 0 Å². The normalized spacial score (nSPS) is 21.6. The van der Waals surface area contributed by atoms with Gasteiger partial charge in [0.2, 0.25) is 5.91 Å². The van der Waals surface area contributed by atoms with E-state index in [1.54, 1.807) is 0 Å². The molecule has 27 heavy (non-hydrogen) atoms. The zero-order valence-corrected chi connectivity index (χ0v) is 16.1. The third kappa shape index (κ3) is 3.42. The van der Waals surface area contributed by atoms with E-state index in [9.17, 15) is 4.79 Å². The maximum atomic E-state index is 12.0. The summed E-state index contributed by atoms with van der Waals surface area (Å²) < 4.78 is 0. The van der Waals surface area contributed by atoms with Crippen molar-refractivity contribution in [3.05, 3.63) is 59.7 Å². The maximum Gasteiger partial charge on any atom is 0.246 e. The van der Waals surface area contributed by atoms with Gasteiger partial charge in [0, 0.05) is 12.1 Å². The highest BCUT2D eigenvalue weighted by molar-refractivity contribution is 6.06. The minimum atomic E-state index is -0.216. The summed E-state index contributed by atoms with van der Waals surface area (Å²) in [6.45, 7) is 8.00. The second-order valence-corrected chi connectivity index (χ2v) is 7.70. The summed E-state index contributed by atoms with van der Waals surface area (Å²) >= 11 is 0. The van der Waals surface area contributed by atoms with E-state index in [0.717, 1.165) is 35.9 Å². The van der Waals surface area contributed by atoms with Crippen molar-refractivity contribution >= 4 is 23.1 Å². The van der Waals surface area contributed by atoms with E-state index in [1.165, 1.54) is 5.56 Å². The lowest BCUT2D eigenvalue weighted by atomic mass is 10.0. The van der Waals surface area contributed by atoms with Crippen LogP contribution < -0.4 is 10.6 Å². The Balaban J connectivity index is 1.65. The van der Waals surface area contributed by atoms with Gasteiger partial charge in [0.1, 0.15) is 11.9 Å². The van der Waals surface area contributed by atoms with Gasteiger partial charge in [-0.1, -0.05) is 44.2 Å². The lowest BCUT2D eigenvalue weighted by Gasteiger charge is -2.31. The molecular weight excluding hydrogens is 336 g/mol.